The number of benzene rings is 1. The van der Waals surface area contributed by atoms with Gasteiger partial charge < -0.3 is 9.64 Å². The number of nitrogens with zero attached hydrogens (tertiary/aromatic N) is 4. The molecule has 1 atom stereocenters. The van der Waals surface area contributed by atoms with Gasteiger partial charge in [-0.1, -0.05) is 13.8 Å². The first-order chi connectivity index (χ1) is 14.0. The molecule has 0 aliphatic carbocycles. The van der Waals surface area contributed by atoms with E-state index >= 15 is 0 Å². The summed E-state index contributed by atoms with van der Waals surface area (Å²) in [6, 6.07) is 5.50. The molecule has 0 saturated carbocycles. The van der Waals surface area contributed by atoms with E-state index in [0.29, 0.717) is 18.0 Å². The first kappa shape index (κ1) is 19.6. The van der Waals surface area contributed by atoms with Crippen molar-refractivity contribution in [2.75, 3.05) is 13.7 Å². The Morgan fingerprint density at radius 1 is 1.34 bits per heavy atom. The van der Waals surface area contributed by atoms with E-state index in [2.05, 4.69) is 10.1 Å². The number of carbonyl (C=O) groups excluding carboxylic acids is 2. The predicted octanol–water partition coefficient (Wildman–Crippen LogP) is 3.70. The van der Waals surface area contributed by atoms with Gasteiger partial charge in [-0.05, 0) is 25.0 Å². The Labute approximate surface area is 173 Å². The number of ketones is 1. The van der Waals surface area contributed by atoms with Gasteiger partial charge in [-0.25, -0.2) is 4.98 Å². The monoisotopic (exact) mass is 412 g/mol. The van der Waals surface area contributed by atoms with Crippen molar-refractivity contribution in [3.05, 3.63) is 40.5 Å². The van der Waals surface area contributed by atoms with Gasteiger partial charge in [0.05, 0.1) is 18.7 Å². The fourth-order valence-electron chi connectivity index (χ4n) is 3.80. The summed E-state index contributed by atoms with van der Waals surface area (Å²) in [6.45, 7) is 4.50. The third kappa shape index (κ3) is 3.64. The highest BCUT2D eigenvalue weighted by Gasteiger charge is 2.32. The summed E-state index contributed by atoms with van der Waals surface area (Å²) in [5.41, 5.74) is 1.13. The minimum Gasteiger partial charge on any atom is -0.497 e. The van der Waals surface area contributed by atoms with Gasteiger partial charge in [-0.3, -0.25) is 14.3 Å². The highest BCUT2D eigenvalue weighted by molar-refractivity contribution is 7.09. The number of hydrogen-bond acceptors (Lipinski definition) is 6. The van der Waals surface area contributed by atoms with E-state index in [1.807, 2.05) is 42.3 Å². The van der Waals surface area contributed by atoms with Crippen LogP contribution in [0, 0.1) is 5.92 Å². The van der Waals surface area contributed by atoms with Gasteiger partial charge in [0, 0.05) is 35.5 Å². The van der Waals surface area contributed by atoms with Crippen molar-refractivity contribution >= 4 is 33.9 Å². The van der Waals surface area contributed by atoms with Gasteiger partial charge in [0.15, 0.2) is 5.78 Å². The predicted molar refractivity (Wildman–Crippen MR) is 111 cm³/mol. The van der Waals surface area contributed by atoms with Crippen molar-refractivity contribution in [3.8, 4) is 5.75 Å². The van der Waals surface area contributed by atoms with Crippen LogP contribution in [0.4, 0.5) is 0 Å². The van der Waals surface area contributed by atoms with E-state index < -0.39 is 0 Å². The maximum absolute atomic E-state index is 13.2. The van der Waals surface area contributed by atoms with Crippen LogP contribution in [0.1, 0.15) is 48.2 Å². The van der Waals surface area contributed by atoms with Crippen LogP contribution in [0.5, 0.6) is 5.75 Å². The zero-order valence-corrected chi connectivity index (χ0v) is 17.6. The molecule has 3 aromatic rings. The maximum Gasteiger partial charge on any atom is 0.244 e. The van der Waals surface area contributed by atoms with Crippen molar-refractivity contribution < 1.29 is 14.3 Å². The Morgan fingerprint density at radius 3 is 2.86 bits per heavy atom. The molecule has 1 unspecified atom stereocenters. The molecular weight excluding hydrogens is 388 g/mol. The van der Waals surface area contributed by atoms with Crippen LogP contribution in [-0.2, 0) is 11.3 Å². The molecule has 29 heavy (non-hydrogen) atoms. The summed E-state index contributed by atoms with van der Waals surface area (Å²) in [5, 5.41) is 8.19. The topological polar surface area (TPSA) is 77.3 Å². The second-order valence-corrected chi connectivity index (χ2v) is 8.45. The molecule has 3 heterocycles. The first-order valence-electron chi connectivity index (χ1n) is 9.77. The number of fused-ring (bicyclic) bond motifs is 1. The number of amides is 1. The van der Waals surface area contributed by atoms with E-state index in [4.69, 9.17) is 4.74 Å². The zero-order valence-electron chi connectivity index (χ0n) is 16.8. The summed E-state index contributed by atoms with van der Waals surface area (Å²) in [6.07, 6.45) is 3.66. The summed E-state index contributed by atoms with van der Waals surface area (Å²) in [4.78, 5) is 32.1. The van der Waals surface area contributed by atoms with Crippen LogP contribution in [-0.4, -0.2) is 45.0 Å². The van der Waals surface area contributed by atoms with Crippen LogP contribution in [0.15, 0.2) is 29.8 Å². The molecule has 1 amide bonds. The third-order valence-corrected chi connectivity index (χ3v) is 6.19. The molecule has 0 spiro atoms. The van der Waals surface area contributed by atoms with Crippen LogP contribution in [0.25, 0.3) is 10.9 Å². The van der Waals surface area contributed by atoms with Crippen molar-refractivity contribution in [2.24, 2.45) is 5.92 Å². The smallest absolute Gasteiger partial charge is 0.244 e. The number of ether oxygens (including phenoxy) is 1. The largest absolute Gasteiger partial charge is 0.497 e. The molecule has 1 aliphatic rings. The molecule has 152 valence electrons. The lowest BCUT2D eigenvalue weighted by Gasteiger charge is -2.23. The molecule has 0 bridgehead atoms. The normalized spacial score (nSPS) is 16.7. The number of hydrogen-bond donors (Lipinski definition) is 0. The molecule has 7 nitrogen and oxygen atoms in total. The molecule has 1 saturated heterocycles. The summed E-state index contributed by atoms with van der Waals surface area (Å²) in [7, 11) is 1.59. The first-order valence-corrected chi connectivity index (χ1v) is 10.6. The molecule has 1 aromatic carbocycles. The maximum atomic E-state index is 13.2. The van der Waals surface area contributed by atoms with Crippen LogP contribution in [0.2, 0.25) is 0 Å². The Hall–Kier alpha value is -2.74. The minimum atomic E-state index is -0.174. The lowest BCUT2D eigenvalue weighted by molar-refractivity contribution is -0.132. The Kier molecular flexibility index (Phi) is 5.36. The molecule has 4 rings (SSSR count). The van der Waals surface area contributed by atoms with Gasteiger partial charge in [-0.15, -0.1) is 11.3 Å². The number of methoxy groups -OCH3 is 1. The third-order valence-electron chi connectivity index (χ3n) is 5.31. The van der Waals surface area contributed by atoms with Crippen molar-refractivity contribution in [2.45, 2.75) is 39.3 Å². The second-order valence-electron chi connectivity index (χ2n) is 7.52. The quantitative estimate of drug-likeness (QED) is 0.577. The van der Waals surface area contributed by atoms with E-state index in [0.717, 1.165) is 28.8 Å². The van der Waals surface area contributed by atoms with E-state index in [9.17, 15) is 9.59 Å². The van der Waals surface area contributed by atoms with Crippen molar-refractivity contribution in [1.82, 2.24) is 19.7 Å². The number of Topliss-reactive ketones (excluding diaryl/α,β-unsaturated/α-hetero) is 1. The summed E-state index contributed by atoms with van der Waals surface area (Å²) in [5.74, 6) is 0.440. The molecule has 8 heteroatoms. The fraction of sp³-hybridized carbons (Fsp3) is 0.429. The van der Waals surface area contributed by atoms with Crippen LogP contribution >= 0.6 is 11.3 Å². The highest BCUT2D eigenvalue weighted by atomic mass is 32.1. The molecule has 2 aromatic heterocycles. The van der Waals surface area contributed by atoms with Gasteiger partial charge in [-0.2, -0.15) is 5.10 Å². The van der Waals surface area contributed by atoms with Gasteiger partial charge in [0.25, 0.3) is 0 Å². The summed E-state index contributed by atoms with van der Waals surface area (Å²) < 4.78 is 6.97. The van der Waals surface area contributed by atoms with Crippen LogP contribution in [0.3, 0.4) is 0 Å². The lowest BCUT2D eigenvalue weighted by atomic mass is 10.0. The van der Waals surface area contributed by atoms with E-state index in [-0.39, 0.29) is 30.2 Å². The zero-order chi connectivity index (χ0) is 20.5. The minimum absolute atomic E-state index is 0.0153. The van der Waals surface area contributed by atoms with Crippen molar-refractivity contribution in [1.29, 1.82) is 0 Å². The number of thiazole rings is 1. The average Bonchev–Trinajstić information content (AvgIpc) is 3.46. The number of likely N-dealkylation sites (tertiary alicyclic amines) is 1. The summed E-state index contributed by atoms with van der Waals surface area (Å²) >= 11 is 1.58. The molecule has 0 N–H and O–H groups in total. The van der Waals surface area contributed by atoms with E-state index in [1.54, 1.807) is 29.3 Å². The number of rotatable bonds is 6. The standard InChI is InChI=1S/C21H24N4O3S/c1-13(2)20(27)19-15-7-6-14(28-3)11-17(15)25(23-19)12-18(26)24-9-4-5-16(24)21-22-8-10-29-21/h6-8,10-11,13,16H,4-5,9,12H2,1-3H3. The number of carbonyl (C=O) groups is 2. The molecular formula is C21H24N4O3S. The van der Waals surface area contributed by atoms with Gasteiger partial charge >= 0.3 is 0 Å². The van der Waals surface area contributed by atoms with E-state index in [1.165, 1.54) is 0 Å². The van der Waals surface area contributed by atoms with Crippen molar-refractivity contribution in [3.63, 3.8) is 0 Å². The molecule has 0 radical (unpaired) electrons. The Bertz CT molecular complexity index is 1040. The fourth-order valence-corrected chi connectivity index (χ4v) is 4.58. The van der Waals surface area contributed by atoms with Gasteiger partial charge in [0.1, 0.15) is 23.0 Å². The number of aromatic nitrogens is 3. The Morgan fingerprint density at radius 2 is 2.17 bits per heavy atom. The second kappa shape index (κ2) is 7.94. The Balaban J connectivity index is 1.68. The van der Waals surface area contributed by atoms with Crippen LogP contribution < -0.4 is 4.74 Å². The highest BCUT2D eigenvalue weighted by Crippen LogP contribution is 2.33. The molecule has 1 fully saturated rings. The average molecular weight is 413 g/mol. The SMILES string of the molecule is COc1ccc2c(C(=O)C(C)C)nn(CC(=O)N3CCCC3c3nccs3)c2c1. The lowest BCUT2D eigenvalue weighted by Crippen LogP contribution is -2.33. The molecule has 1 aliphatic heterocycles. The van der Waals surface area contributed by atoms with Gasteiger partial charge in [0.2, 0.25) is 5.91 Å².